The van der Waals surface area contributed by atoms with E-state index >= 15 is 0 Å². The first kappa shape index (κ1) is 8.13. The molecule has 0 saturated carbocycles. The monoisotopic (exact) mass is 194 g/mol. The van der Waals surface area contributed by atoms with E-state index in [9.17, 15) is 4.79 Å². The number of carbonyl (C=O) groups is 1. The fourth-order valence-electron chi connectivity index (χ4n) is 1.24. The molecule has 1 heterocycles. The number of aromatic amines is 1. The molecule has 0 aliphatic carbocycles. The lowest BCUT2D eigenvalue weighted by molar-refractivity contribution is -0.105. The Balaban J connectivity index is 2.55. The normalized spacial score (nSPS) is 10.2. The number of hydrogen-bond donors (Lipinski definition) is 2. The van der Waals surface area contributed by atoms with E-state index in [-0.39, 0.29) is 0 Å². The third-order valence-corrected chi connectivity index (χ3v) is 2.03. The van der Waals surface area contributed by atoms with E-state index in [2.05, 4.69) is 10.3 Å². The number of carbonyl (C=O) groups excluding carboxylic acids is 1. The van der Waals surface area contributed by atoms with E-state index < -0.39 is 0 Å². The van der Waals surface area contributed by atoms with Gasteiger partial charge in [0.1, 0.15) is 5.82 Å². The standard InChI is InChI=1S/C9H7ClN2O/c10-7-1-2-8-6(3-7)4-9(12-8)11-5-13/h1-5,12H,(H,11,13). The highest BCUT2D eigenvalue weighted by Gasteiger charge is 1.99. The number of fused-ring (bicyclic) bond motifs is 1. The van der Waals surface area contributed by atoms with Crippen molar-refractivity contribution in [1.82, 2.24) is 4.98 Å². The van der Waals surface area contributed by atoms with Crippen molar-refractivity contribution in [3.8, 4) is 0 Å². The lowest BCUT2D eigenvalue weighted by Crippen LogP contribution is -1.92. The molecule has 0 spiro atoms. The second-order valence-corrected chi connectivity index (χ2v) is 3.11. The lowest BCUT2D eigenvalue weighted by Gasteiger charge is -1.89. The van der Waals surface area contributed by atoms with Gasteiger partial charge >= 0.3 is 0 Å². The molecule has 13 heavy (non-hydrogen) atoms. The summed E-state index contributed by atoms with van der Waals surface area (Å²) in [6.07, 6.45) is 0.631. The molecule has 1 amide bonds. The summed E-state index contributed by atoms with van der Waals surface area (Å²) in [7, 11) is 0. The SMILES string of the molecule is O=CNc1cc2cc(Cl)ccc2[nH]1. The van der Waals surface area contributed by atoms with Gasteiger partial charge in [-0.3, -0.25) is 4.79 Å². The summed E-state index contributed by atoms with van der Waals surface area (Å²) in [5.41, 5.74) is 0.953. The quantitative estimate of drug-likeness (QED) is 0.709. The number of nitrogens with one attached hydrogen (secondary N) is 2. The Morgan fingerprint density at radius 2 is 2.23 bits per heavy atom. The minimum absolute atomic E-state index is 0.631. The fraction of sp³-hybridized carbons (Fsp3) is 0. The molecule has 66 valence electrons. The van der Waals surface area contributed by atoms with Crippen LogP contribution in [0, 0.1) is 0 Å². The number of rotatable bonds is 2. The zero-order valence-electron chi connectivity index (χ0n) is 6.67. The Hall–Kier alpha value is -1.48. The summed E-state index contributed by atoms with van der Waals surface area (Å²) in [4.78, 5) is 13.2. The van der Waals surface area contributed by atoms with Crippen LogP contribution < -0.4 is 5.32 Å². The molecule has 2 rings (SSSR count). The molecule has 1 aromatic heterocycles. The molecule has 0 aliphatic heterocycles. The summed E-state index contributed by atoms with van der Waals surface area (Å²) < 4.78 is 0. The number of H-pyrrole nitrogens is 1. The van der Waals surface area contributed by atoms with Gasteiger partial charge in [0.2, 0.25) is 6.41 Å². The first-order valence-electron chi connectivity index (χ1n) is 3.78. The van der Waals surface area contributed by atoms with Crippen LogP contribution in [0.4, 0.5) is 5.82 Å². The van der Waals surface area contributed by atoms with Crippen molar-refractivity contribution < 1.29 is 4.79 Å². The van der Waals surface area contributed by atoms with Crippen LogP contribution in [0.15, 0.2) is 24.3 Å². The number of hydrogen-bond acceptors (Lipinski definition) is 1. The minimum Gasteiger partial charge on any atom is -0.341 e. The Morgan fingerprint density at radius 1 is 1.38 bits per heavy atom. The van der Waals surface area contributed by atoms with Crippen LogP contribution in [0.5, 0.6) is 0 Å². The van der Waals surface area contributed by atoms with E-state index in [1.54, 1.807) is 6.07 Å². The maximum Gasteiger partial charge on any atom is 0.212 e. The van der Waals surface area contributed by atoms with Gasteiger partial charge < -0.3 is 10.3 Å². The molecule has 0 unspecified atom stereocenters. The van der Waals surface area contributed by atoms with E-state index in [0.717, 1.165) is 10.9 Å². The molecule has 4 heteroatoms. The Bertz CT molecular complexity index is 450. The highest BCUT2D eigenvalue weighted by Crippen LogP contribution is 2.21. The number of amides is 1. The van der Waals surface area contributed by atoms with Crippen molar-refractivity contribution in [3.05, 3.63) is 29.3 Å². The van der Waals surface area contributed by atoms with Gasteiger partial charge in [-0.05, 0) is 24.3 Å². The van der Waals surface area contributed by atoms with Crippen molar-refractivity contribution in [3.63, 3.8) is 0 Å². The molecule has 0 saturated heterocycles. The maximum absolute atomic E-state index is 10.2. The molecule has 0 fully saturated rings. The number of halogens is 1. The minimum atomic E-state index is 0.631. The predicted octanol–water partition coefficient (Wildman–Crippen LogP) is 2.39. The zero-order chi connectivity index (χ0) is 9.26. The number of anilines is 1. The van der Waals surface area contributed by atoms with Gasteiger partial charge in [-0.15, -0.1) is 0 Å². The van der Waals surface area contributed by atoms with E-state index in [0.29, 0.717) is 17.3 Å². The van der Waals surface area contributed by atoms with Crippen molar-refractivity contribution >= 4 is 34.7 Å². The fourth-order valence-corrected chi connectivity index (χ4v) is 1.43. The summed E-state index contributed by atoms with van der Waals surface area (Å²) in [6.45, 7) is 0. The summed E-state index contributed by atoms with van der Waals surface area (Å²) in [5, 5.41) is 4.20. The average Bonchev–Trinajstić information content (AvgIpc) is 2.46. The van der Waals surface area contributed by atoms with Gasteiger partial charge in [0.25, 0.3) is 0 Å². The van der Waals surface area contributed by atoms with Crippen LogP contribution >= 0.6 is 11.6 Å². The first-order chi connectivity index (χ1) is 6.29. The molecular weight excluding hydrogens is 188 g/mol. The summed E-state index contributed by atoms with van der Waals surface area (Å²) >= 11 is 5.80. The molecule has 0 radical (unpaired) electrons. The number of aromatic nitrogens is 1. The van der Waals surface area contributed by atoms with E-state index in [1.807, 2.05) is 18.2 Å². The topological polar surface area (TPSA) is 44.9 Å². The van der Waals surface area contributed by atoms with Crippen molar-refractivity contribution in [2.45, 2.75) is 0 Å². The van der Waals surface area contributed by atoms with Gasteiger partial charge in [-0.1, -0.05) is 11.6 Å². The molecule has 0 bridgehead atoms. The van der Waals surface area contributed by atoms with E-state index in [4.69, 9.17) is 11.6 Å². The average molecular weight is 195 g/mol. The smallest absolute Gasteiger partial charge is 0.212 e. The molecule has 2 N–H and O–H groups in total. The molecule has 2 aromatic rings. The van der Waals surface area contributed by atoms with Gasteiger partial charge in [-0.2, -0.15) is 0 Å². The first-order valence-corrected chi connectivity index (χ1v) is 4.16. The molecular formula is C9H7ClN2O. The van der Waals surface area contributed by atoms with Crippen molar-refractivity contribution in [2.24, 2.45) is 0 Å². The van der Waals surface area contributed by atoms with Gasteiger partial charge in [0.15, 0.2) is 0 Å². The van der Waals surface area contributed by atoms with Gasteiger partial charge in [-0.25, -0.2) is 0 Å². The lowest BCUT2D eigenvalue weighted by atomic mass is 10.2. The van der Waals surface area contributed by atoms with Crippen LogP contribution in [-0.4, -0.2) is 11.4 Å². The van der Waals surface area contributed by atoms with Gasteiger partial charge in [0, 0.05) is 15.9 Å². The predicted molar refractivity (Wildman–Crippen MR) is 53.0 cm³/mol. The highest BCUT2D eigenvalue weighted by atomic mass is 35.5. The second kappa shape index (κ2) is 3.11. The van der Waals surface area contributed by atoms with Crippen LogP contribution in [-0.2, 0) is 4.79 Å². The highest BCUT2D eigenvalue weighted by molar-refractivity contribution is 6.31. The maximum atomic E-state index is 10.2. The van der Waals surface area contributed by atoms with Crippen LogP contribution in [0.3, 0.4) is 0 Å². The number of benzene rings is 1. The third-order valence-electron chi connectivity index (χ3n) is 1.80. The Kier molecular flexibility index (Phi) is 1.94. The largest absolute Gasteiger partial charge is 0.341 e. The Labute approximate surface area is 79.7 Å². The van der Waals surface area contributed by atoms with Crippen molar-refractivity contribution in [2.75, 3.05) is 5.32 Å². The van der Waals surface area contributed by atoms with Gasteiger partial charge in [0.05, 0.1) is 0 Å². The third kappa shape index (κ3) is 1.51. The molecule has 0 atom stereocenters. The molecule has 0 aliphatic rings. The zero-order valence-corrected chi connectivity index (χ0v) is 7.43. The second-order valence-electron chi connectivity index (χ2n) is 2.68. The van der Waals surface area contributed by atoms with Crippen LogP contribution in [0.25, 0.3) is 10.9 Å². The Morgan fingerprint density at radius 3 is 3.00 bits per heavy atom. The van der Waals surface area contributed by atoms with Crippen molar-refractivity contribution in [1.29, 1.82) is 0 Å². The van der Waals surface area contributed by atoms with E-state index in [1.165, 1.54) is 0 Å². The summed E-state index contributed by atoms with van der Waals surface area (Å²) in [6, 6.07) is 7.33. The molecule has 3 nitrogen and oxygen atoms in total. The molecule has 1 aromatic carbocycles. The van der Waals surface area contributed by atoms with Crippen LogP contribution in [0.1, 0.15) is 0 Å². The summed E-state index contributed by atoms with van der Waals surface area (Å²) in [5.74, 6) is 0.673. The van der Waals surface area contributed by atoms with Crippen LogP contribution in [0.2, 0.25) is 5.02 Å².